The topological polar surface area (TPSA) is 64.6 Å². The molecule has 6 heteroatoms. The van der Waals surface area contributed by atoms with Gasteiger partial charge >= 0.3 is 0 Å². The average Bonchev–Trinajstić information content (AvgIpc) is 3.03. The van der Waals surface area contributed by atoms with Crippen molar-refractivity contribution in [3.63, 3.8) is 0 Å². The molecule has 3 rings (SSSR count). The van der Waals surface area contributed by atoms with Crippen LogP contribution in [0.1, 0.15) is 29.2 Å². The van der Waals surface area contributed by atoms with Gasteiger partial charge in [0.15, 0.2) is 0 Å². The molecule has 0 aliphatic carbocycles. The van der Waals surface area contributed by atoms with Gasteiger partial charge in [-0.1, -0.05) is 12.1 Å². The second kappa shape index (κ2) is 7.29. The maximum Gasteiger partial charge on any atom is 0.244 e. The Kier molecular flexibility index (Phi) is 5.25. The zero-order chi connectivity index (χ0) is 18.9. The van der Waals surface area contributed by atoms with Gasteiger partial charge in [-0.3, -0.25) is 0 Å². The van der Waals surface area contributed by atoms with Crippen LogP contribution in [-0.2, 0) is 22.9 Å². The number of benzene rings is 2. The Morgan fingerprint density at radius 1 is 1.19 bits per heavy atom. The van der Waals surface area contributed by atoms with Crippen LogP contribution in [0.4, 0.5) is 0 Å². The molecule has 5 nitrogen and oxygen atoms in total. The highest BCUT2D eigenvalue weighted by molar-refractivity contribution is 7.89. The molecule has 1 aliphatic rings. The zero-order valence-corrected chi connectivity index (χ0v) is 16.4. The molecule has 0 unspecified atom stereocenters. The highest BCUT2D eigenvalue weighted by Crippen LogP contribution is 2.28. The van der Waals surface area contributed by atoms with E-state index in [-0.39, 0.29) is 10.9 Å². The Morgan fingerprint density at radius 2 is 1.92 bits per heavy atom. The molecule has 2 aromatic carbocycles. The molecule has 140 valence electrons. The molecule has 1 aliphatic heterocycles. The lowest BCUT2D eigenvalue weighted by Crippen LogP contribution is -2.34. The Morgan fingerprint density at radius 3 is 2.65 bits per heavy atom. The maximum atomic E-state index is 12.9. The van der Waals surface area contributed by atoms with E-state index >= 15 is 0 Å². The van der Waals surface area contributed by atoms with E-state index in [9.17, 15) is 8.42 Å². The van der Waals surface area contributed by atoms with Crippen LogP contribution in [0.5, 0.6) is 11.5 Å². The number of fused-ring (bicyclic) bond motifs is 1. The van der Waals surface area contributed by atoms with Crippen LogP contribution in [0.3, 0.4) is 0 Å². The third-order valence-electron chi connectivity index (χ3n) is 4.72. The van der Waals surface area contributed by atoms with E-state index in [0.29, 0.717) is 18.8 Å². The number of aryl methyl sites for hydroxylation is 2. The van der Waals surface area contributed by atoms with Crippen LogP contribution in [0.15, 0.2) is 35.2 Å². The van der Waals surface area contributed by atoms with Gasteiger partial charge < -0.3 is 9.47 Å². The van der Waals surface area contributed by atoms with Crippen LogP contribution in [0, 0.1) is 13.8 Å². The van der Waals surface area contributed by atoms with Crippen LogP contribution < -0.4 is 14.2 Å². The minimum Gasteiger partial charge on any atom is -0.495 e. The molecule has 0 fully saturated rings. The molecule has 0 bridgehead atoms. The first-order valence-electron chi connectivity index (χ1n) is 8.72. The van der Waals surface area contributed by atoms with Gasteiger partial charge in [0.25, 0.3) is 0 Å². The Bertz CT molecular complexity index is 922. The average molecular weight is 375 g/mol. The third-order valence-corrected chi connectivity index (χ3v) is 6.33. The normalized spacial score (nSPS) is 14.6. The Balaban J connectivity index is 1.78. The number of rotatable bonds is 6. The quantitative estimate of drug-likeness (QED) is 0.842. The van der Waals surface area contributed by atoms with Gasteiger partial charge in [0.1, 0.15) is 16.4 Å². The lowest BCUT2D eigenvalue weighted by Gasteiger charge is -2.17. The molecular weight excluding hydrogens is 350 g/mol. The fourth-order valence-electron chi connectivity index (χ4n) is 3.22. The summed E-state index contributed by atoms with van der Waals surface area (Å²) in [6.45, 7) is 6.41. The maximum absolute atomic E-state index is 12.9. The molecule has 0 radical (unpaired) electrons. The summed E-state index contributed by atoms with van der Waals surface area (Å²) < 4.78 is 39.3. The number of ether oxygens (including phenoxy) is 2. The summed E-state index contributed by atoms with van der Waals surface area (Å²) in [4.78, 5) is 0.178. The van der Waals surface area contributed by atoms with Crippen LogP contribution in [-0.4, -0.2) is 28.2 Å². The standard InChI is InChI=1S/C20H25NO4S/c1-13-9-19(24-4)20(10-14(13)2)26(22,23)21-15(3)11-16-5-6-18-17(12-16)7-8-25-18/h5-6,9-10,12,15,21H,7-8,11H2,1-4H3/t15-/m1/s1. The summed E-state index contributed by atoms with van der Waals surface area (Å²) in [5, 5.41) is 0. The van der Waals surface area contributed by atoms with Gasteiger partial charge in [0, 0.05) is 12.5 Å². The number of sulfonamides is 1. The lowest BCUT2D eigenvalue weighted by atomic mass is 10.0. The van der Waals surface area contributed by atoms with Gasteiger partial charge in [-0.2, -0.15) is 0 Å². The highest BCUT2D eigenvalue weighted by Gasteiger charge is 2.23. The summed E-state index contributed by atoms with van der Waals surface area (Å²) in [5.74, 6) is 1.30. The lowest BCUT2D eigenvalue weighted by molar-refractivity contribution is 0.357. The van der Waals surface area contributed by atoms with Crippen molar-refractivity contribution in [2.45, 2.75) is 44.6 Å². The summed E-state index contributed by atoms with van der Waals surface area (Å²) in [6, 6.07) is 9.23. The summed E-state index contributed by atoms with van der Waals surface area (Å²) in [6.07, 6.45) is 1.52. The van der Waals surface area contributed by atoms with Gasteiger partial charge in [-0.05, 0) is 67.6 Å². The van der Waals surface area contributed by atoms with Crippen molar-refractivity contribution in [1.82, 2.24) is 4.72 Å². The summed E-state index contributed by atoms with van der Waals surface area (Å²) in [5.41, 5.74) is 4.19. The predicted molar refractivity (Wildman–Crippen MR) is 102 cm³/mol. The fourth-order valence-corrected chi connectivity index (χ4v) is 4.70. The van der Waals surface area contributed by atoms with E-state index in [1.165, 1.54) is 12.7 Å². The third kappa shape index (κ3) is 3.86. The van der Waals surface area contributed by atoms with E-state index in [1.54, 1.807) is 12.1 Å². The van der Waals surface area contributed by atoms with Gasteiger partial charge in [-0.15, -0.1) is 0 Å². The van der Waals surface area contributed by atoms with Crippen LogP contribution >= 0.6 is 0 Å². The largest absolute Gasteiger partial charge is 0.495 e. The molecule has 1 heterocycles. The van der Waals surface area contributed by atoms with E-state index in [4.69, 9.17) is 9.47 Å². The van der Waals surface area contributed by atoms with Crippen LogP contribution in [0.2, 0.25) is 0 Å². The van der Waals surface area contributed by atoms with Crippen LogP contribution in [0.25, 0.3) is 0 Å². The molecule has 26 heavy (non-hydrogen) atoms. The molecule has 1 atom stereocenters. The molecule has 2 aromatic rings. The minimum absolute atomic E-state index is 0.178. The van der Waals surface area contributed by atoms with Crippen molar-refractivity contribution < 1.29 is 17.9 Å². The van der Waals surface area contributed by atoms with Crippen molar-refractivity contribution in [3.05, 3.63) is 52.6 Å². The van der Waals surface area contributed by atoms with E-state index in [0.717, 1.165) is 28.9 Å². The molecule has 0 aromatic heterocycles. The van der Waals surface area contributed by atoms with Gasteiger partial charge in [0.05, 0.1) is 13.7 Å². The second-order valence-corrected chi connectivity index (χ2v) is 8.54. The first kappa shape index (κ1) is 18.7. The molecule has 0 saturated heterocycles. The first-order chi connectivity index (χ1) is 12.3. The highest BCUT2D eigenvalue weighted by atomic mass is 32.2. The predicted octanol–water partition coefficient (Wildman–Crippen LogP) is 3.16. The van der Waals surface area contributed by atoms with Crippen molar-refractivity contribution in [2.24, 2.45) is 0 Å². The monoisotopic (exact) mass is 375 g/mol. The Hall–Kier alpha value is -2.05. The van der Waals surface area contributed by atoms with Crippen molar-refractivity contribution in [3.8, 4) is 11.5 Å². The van der Waals surface area contributed by atoms with E-state index in [2.05, 4.69) is 10.8 Å². The second-order valence-electron chi connectivity index (χ2n) is 6.85. The summed E-state index contributed by atoms with van der Waals surface area (Å²) in [7, 11) is -2.19. The number of hydrogen-bond donors (Lipinski definition) is 1. The van der Waals surface area contributed by atoms with Crippen molar-refractivity contribution in [2.75, 3.05) is 13.7 Å². The zero-order valence-electron chi connectivity index (χ0n) is 15.6. The SMILES string of the molecule is COc1cc(C)c(C)cc1S(=O)(=O)N[C@H](C)Cc1ccc2c(c1)CCO2. The van der Waals surface area contributed by atoms with Gasteiger partial charge in [-0.25, -0.2) is 13.1 Å². The molecule has 0 saturated carbocycles. The first-order valence-corrected chi connectivity index (χ1v) is 10.2. The molecule has 1 N–H and O–H groups in total. The minimum atomic E-state index is -3.67. The Labute approximate surface area is 155 Å². The van der Waals surface area contributed by atoms with Gasteiger partial charge in [0.2, 0.25) is 10.0 Å². The number of methoxy groups -OCH3 is 1. The number of nitrogens with one attached hydrogen (secondary N) is 1. The summed E-state index contributed by atoms with van der Waals surface area (Å²) >= 11 is 0. The van der Waals surface area contributed by atoms with Crippen molar-refractivity contribution in [1.29, 1.82) is 0 Å². The smallest absolute Gasteiger partial charge is 0.244 e. The molecule has 0 amide bonds. The molecule has 0 spiro atoms. The van der Waals surface area contributed by atoms with E-state index in [1.807, 2.05) is 32.9 Å². The molecular formula is C20H25NO4S. The number of hydrogen-bond acceptors (Lipinski definition) is 4. The van der Waals surface area contributed by atoms with E-state index < -0.39 is 10.0 Å². The van der Waals surface area contributed by atoms with Crippen molar-refractivity contribution >= 4 is 10.0 Å². The fraction of sp³-hybridized carbons (Fsp3) is 0.400.